The van der Waals surface area contributed by atoms with Crippen LogP contribution in [0.2, 0.25) is 5.02 Å². The van der Waals surface area contributed by atoms with Crippen molar-refractivity contribution in [2.75, 3.05) is 11.4 Å². The molecule has 0 aromatic heterocycles. The Kier molecular flexibility index (Phi) is 4.78. The first kappa shape index (κ1) is 18.5. The predicted molar refractivity (Wildman–Crippen MR) is 121 cm³/mol. The molecule has 0 unspecified atom stereocenters. The monoisotopic (exact) mass is 410 g/mol. The second-order valence-electron chi connectivity index (χ2n) is 7.50. The number of ether oxygens (including phenoxy) is 1. The summed E-state index contributed by atoms with van der Waals surface area (Å²) in [7, 11) is 0. The maximum Gasteiger partial charge on any atom is 0.146 e. The van der Waals surface area contributed by atoms with Crippen molar-refractivity contribution in [3.8, 4) is 17.6 Å². The third-order valence-corrected chi connectivity index (χ3v) is 5.81. The zero-order valence-corrected chi connectivity index (χ0v) is 17.1. The van der Waals surface area contributed by atoms with Crippen LogP contribution in [-0.2, 0) is 13.0 Å². The van der Waals surface area contributed by atoms with Gasteiger partial charge in [-0.25, -0.2) is 0 Å². The van der Waals surface area contributed by atoms with Crippen LogP contribution in [0.15, 0.2) is 78.9 Å². The standard InChI is InChI=1S/C26H19ClN2O/c27-24-14-18(16-28)6-10-26(24)30-23-8-9-25-22(15-23)11-12-29(25)17-19-5-7-20-3-1-2-4-21(20)13-19/h1-10,13-15H,11-12,17H2. The molecule has 0 atom stereocenters. The van der Waals surface area contributed by atoms with E-state index in [9.17, 15) is 0 Å². The van der Waals surface area contributed by atoms with Crippen molar-refractivity contribution >= 4 is 28.1 Å². The average Bonchev–Trinajstić information content (AvgIpc) is 3.17. The van der Waals surface area contributed by atoms with E-state index in [1.165, 1.54) is 27.6 Å². The Labute approximate surface area is 180 Å². The van der Waals surface area contributed by atoms with Crippen LogP contribution < -0.4 is 9.64 Å². The first-order chi connectivity index (χ1) is 14.7. The van der Waals surface area contributed by atoms with Gasteiger partial charge in [-0.15, -0.1) is 0 Å². The van der Waals surface area contributed by atoms with Crippen molar-refractivity contribution in [2.24, 2.45) is 0 Å². The van der Waals surface area contributed by atoms with Crippen LogP contribution in [0, 0.1) is 11.3 Å². The smallest absolute Gasteiger partial charge is 0.146 e. The average molecular weight is 411 g/mol. The van der Waals surface area contributed by atoms with Gasteiger partial charge in [-0.1, -0.05) is 48.0 Å². The number of hydrogen-bond acceptors (Lipinski definition) is 3. The summed E-state index contributed by atoms with van der Waals surface area (Å²) in [5.74, 6) is 1.31. The van der Waals surface area contributed by atoms with Gasteiger partial charge in [0.2, 0.25) is 0 Å². The lowest BCUT2D eigenvalue weighted by molar-refractivity contribution is 0.482. The fourth-order valence-corrected chi connectivity index (χ4v) is 4.23. The van der Waals surface area contributed by atoms with Gasteiger partial charge in [-0.05, 0) is 70.8 Å². The molecular weight excluding hydrogens is 392 g/mol. The molecule has 0 spiro atoms. The molecule has 1 heterocycles. The summed E-state index contributed by atoms with van der Waals surface area (Å²) in [6.45, 7) is 1.88. The van der Waals surface area contributed by atoms with E-state index < -0.39 is 0 Å². The second-order valence-corrected chi connectivity index (χ2v) is 7.91. The summed E-state index contributed by atoms with van der Waals surface area (Å²) < 4.78 is 5.98. The molecule has 5 rings (SSSR count). The summed E-state index contributed by atoms with van der Waals surface area (Å²) in [6, 6.07) is 28.5. The highest BCUT2D eigenvalue weighted by Crippen LogP contribution is 2.36. The van der Waals surface area contributed by atoms with Crippen LogP contribution in [0.3, 0.4) is 0 Å². The summed E-state index contributed by atoms with van der Waals surface area (Å²) in [6.07, 6.45) is 0.987. The molecule has 0 N–H and O–H groups in total. The minimum atomic E-state index is 0.437. The van der Waals surface area contributed by atoms with E-state index >= 15 is 0 Å². The van der Waals surface area contributed by atoms with E-state index in [0.29, 0.717) is 16.3 Å². The lowest BCUT2D eigenvalue weighted by Crippen LogP contribution is -2.19. The molecule has 1 aliphatic heterocycles. The van der Waals surface area contributed by atoms with Crippen LogP contribution in [0.4, 0.5) is 5.69 Å². The number of anilines is 1. The first-order valence-corrected chi connectivity index (χ1v) is 10.3. The molecule has 4 aromatic rings. The summed E-state index contributed by atoms with van der Waals surface area (Å²) in [5.41, 5.74) is 4.36. The van der Waals surface area contributed by atoms with E-state index in [1.807, 2.05) is 6.07 Å². The van der Waals surface area contributed by atoms with Crippen LogP contribution in [0.1, 0.15) is 16.7 Å². The predicted octanol–water partition coefficient (Wildman–Crippen LogP) is 6.72. The normalized spacial score (nSPS) is 12.6. The van der Waals surface area contributed by atoms with Gasteiger partial charge in [0.05, 0.1) is 16.7 Å². The number of benzene rings is 4. The highest BCUT2D eigenvalue weighted by Gasteiger charge is 2.20. The zero-order chi connectivity index (χ0) is 20.5. The zero-order valence-electron chi connectivity index (χ0n) is 16.3. The van der Waals surface area contributed by atoms with E-state index in [4.69, 9.17) is 21.6 Å². The molecule has 0 radical (unpaired) electrons. The minimum Gasteiger partial charge on any atom is -0.456 e. The number of halogens is 1. The number of nitrogens with zero attached hydrogens (tertiary/aromatic N) is 2. The van der Waals surface area contributed by atoms with Crippen molar-refractivity contribution < 1.29 is 4.74 Å². The summed E-state index contributed by atoms with van der Waals surface area (Å²) in [4.78, 5) is 2.41. The molecule has 146 valence electrons. The highest BCUT2D eigenvalue weighted by atomic mass is 35.5. The number of fused-ring (bicyclic) bond motifs is 2. The first-order valence-electron chi connectivity index (χ1n) is 9.93. The molecule has 4 heteroatoms. The van der Waals surface area contributed by atoms with Crippen molar-refractivity contribution in [3.05, 3.63) is 101 Å². The molecular formula is C26H19ClN2O. The quantitative estimate of drug-likeness (QED) is 0.374. The van der Waals surface area contributed by atoms with Crippen molar-refractivity contribution in [2.45, 2.75) is 13.0 Å². The molecule has 0 saturated heterocycles. The Morgan fingerprint density at radius 2 is 1.80 bits per heavy atom. The molecule has 1 aliphatic rings. The van der Waals surface area contributed by atoms with E-state index in [1.54, 1.807) is 18.2 Å². The molecule has 3 nitrogen and oxygen atoms in total. The van der Waals surface area contributed by atoms with Crippen LogP contribution in [-0.4, -0.2) is 6.54 Å². The molecule has 30 heavy (non-hydrogen) atoms. The van der Waals surface area contributed by atoms with Crippen molar-refractivity contribution in [3.63, 3.8) is 0 Å². The van der Waals surface area contributed by atoms with E-state index in [0.717, 1.165) is 25.3 Å². The van der Waals surface area contributed by atoms with E-state index in [-0.39, 0.29) is 0 Å². The molecule has 0 saturated carbocycles. The molecule has 0 aliphatic carbocycles. The Balaban J connectivity index is 1.35. The fourth-order valence-electron chi connectivity index (χ4n) is 4.01. The molecule has 4 aromatic carbocycles. The van der Waals surface area contributed by atoms with Crippen molar-refractivity contribution in [1.82, 2.24) is 0 Å². The maximum absolute atomic E-state index is 8.98. The highest BCUT2D eigenvalue weighted by molar-refractivity contribution is 6.32. The SMILES string of the molecule is N#Cc1ccc(Oc2ccc3c(c2)CCN3Cc2ccc3ccccc3c2)c(Cl)c1. The van der Waals surface area contributed by atoms with Gasteiger partial charge in [0.15, 0.2) is 0 Å². The topological polar surface area (TPSA) is 36.3 Å². The summed E-state index contributed by atoms with van der Waals surface area (Å²) >= 11 is 6.25. The Bertz CT molecular complexity index is 1290. The van der Waals surface area contributed by atoms with Crippen LogP contribution in [0.5, 0.6) is 11.5 Å². The van der Waals surface area contributed by atoms with Gasteiger partial charge >= 0.3 is 0 Å². The Morgan fingerprint density at radius 3 is 2.63 bits per heavy atom. The number of rotatable bonds is 4. The molecule has 0 bridgehead atoms. The minimum absolute atomic E-state index is 0.437. The number of hydrogen-bond donors (Lipinski definition) is 0. The van der Waals surface area contributed by atoms with Gasteiger partial charge in [0.1, 0.15) is 11.5 Å². The Hall–Kier alpha value is -3.48. The second kappa shape index (κ2) is 7.74. The lowest BCUT2D eigenvalue weighted by Gasteiger charge is -2.20. The third-order valence-electron chi connectivity index (χ3n) is 5.52. The van der Waals surface area contributed by atoms with Gasteiger partial charge in [-0.2, -0.15) is 5.26 Å². The lowest BCUT2D eigenvalue weighted by atomic mass is 10.1. The summed E-state index contributed by atoms with van der Waals surface area (Å²) in [5, 5.41) is 12.0. The molecule has 0 amide bonds. The largest absolute Gasteiger partial charge is 0.456 e. The maximum atomic E-state index is 8.98. The number of nitriles is 1. The van der Waals surface area contributed by atoms with E-state index in [2.05, 4.69) is 65.6 Å². The van der Waals surface area contributed by atoms with Gasteiger partial charge in [0, 0.05) is 18.8 Å². The Morgan fingerprint density at radius 1 is 0.933 bits per heavy atom. The van der Waals surface area contributed by atoms with Gasteiger partial charge in [0.25, 0.3) is 0 Å². The van der Waals surface area contributed by atoms with Crippen LogP contribution in [0.25, 0.3) is 10.8 Å². The molecule has 0 fully saturated rings. The van der Waals surface area contributed by atoms with Gasteiger partial charge < -0.3 is 9.64 Å². The fraction of sp³-hybridized carbons (Fsp3) is 0.115. The van der Waals surface area contributed by atoms with Crippen molar-refractivity contribution in [1.29, 1.82) is 5.26 Å². The third kappa shape index (κ3) is 3.58. The van der Waals surface area contributed by atoms with Crippen LogP contribution >= 0.6 is 11.6 Å². The van der Waals surface area contributed by atoms with Gasteiger partial charge in [-0.3, -0.25) is 0 Å².